The lowest BCUT2D eigenvalue weighted by atomic mass is 9.76. The Bertz CT molecular complexity index is 1200. The monoisotopic (exact) mass is 520 g/mol. The maximum absolute atomic E-state index is 6.53. The van der Waals surface area contributed by atoms with Crippen molar-refractivity contribution in [1.82, 2.24) is 9.55 Å². The zero-order valence-corrected chi connectivity index (χ0v) is 19.0. The Hall–Kier alpha value is -2.63. The molecule has 0 radical (unpaired) electrons. The zero-order chi connectivity index (χ0) is 20.6. The molecule has 0 aliphatic rings. The average Bonchev–Trinajstić information content (AvgIpc) is 3.15. The van der Waals surface area contributed by atoms with Crippen LogP contribution in [0.2, 0.25) is 5.15 Å². The summed E-state index contributed by atoms with van der Waals surface area (Å²) in [5.74, 6) is 0. The molecule has 0 aliphatic carbocycles. The van der Waals surface area contributed by atoms with Crippen molar-refractivity contribution < 1.29 is 0 Å². The third-order valence-corrected chi connectivity index (χ3v) is 6.66. The Morgan fingerprint density at radius 2 is 1.17 bits per heavy atom. The molecule has 0 bridgehead atoms. The van der Waals surface area contributed by atoms with E-state index in [1.165, 1.54) is 16.7 Å². The summed E-state index contributed by atoms with van der Waals surface area (Å²) in [6.45, 7) is 0. The van der Waals surface area contributed by atoms with Crippen LogP contribution in [-0.2, 0) is 5.54 Å². The van der Waals surface area contributed by atoms with E-state index in [1.54, 1.807) is 6.20 Å². The molecule has 5 aromatic rings. The van der Waals surface area contributed by atoms with E-state index in [0.29, 0.717) is 5.15 Å². The molecule has 0 amide bonds. The van der Waals surface area contributed by atoms with Gasteiger partial charge in [0.25, 0.3) is 0 Å². The second-order valence-corrected chi connectivity index (χ2v) is 8.67. The van der Waals surface area contributed by atoms with Crippen molar-refractivity contribution in [1.29, 1.82) is 0 Å². The van der Waals surface area contributed by atoms with Crippen molar-refractivity contribution in [3.63, 3.8) is 0 Å². The fourth-order valence-corrected chi connectivity index (χ4v) is 5.55. The Labute approximate surface area is 194 Å². The number of pyridine rings is 1. The van der Waals surface area contributed by atoms with Crippen molar-refractivity contribution in [3.05, 3.63) is 135 Å². The second kappa shape index (κ2) is 7.89. The van der Waals surface area contributed by atoms with Crippen molar-refractivity contribution in [2.45, 2.75) is 5.54 Å². The van der Waals surface area contributed by atoms with Crippen LogP contribution in [0.5, 0.6) is 0 Å². The number of rotatable bonds is 4. The van der Waals surface area contributed by atoms with E-state index in [0.717, 1.165) is 14.5 Å². The highest BCUT2D eigenvalue weighted by molar-refractivity contribution is 14.1. The molecule has 0 saturated carbocycles. The summed E-state index contributed by atoms with van der Waals surface area (Å²) in [6, 6.07) is 34.0. The van der Waals surface area contributed by atoms with Gasteiger partial charge in [-0.2, -0.15) is 0 Å². The summed E-state index contributed by atoms with van der Waals surface area (Å²) in [4.78, 5) is 4.33. The van der Waals surface area contributed by atoms with Crippen LogP contribution in [0.4, 0.5) is 0 Å². The standard InChI is InChI=1S/C26H18ClIN2/c27-25-24-22(28)18-30(23(24)16-17-29-25)26(19-10-4-1-5-11-19,20-12-6-2-7-13-20)21-14-8-3-9-15-21/h1-18H. The molecular formula is C26H18ClIN2. The fraction of sp³-hybridized carbons (Fsp3) is 0.0385. The quantitative estimate of drug-likeness (QED) is 0.140. The van der Waals surface area contributed by atoms with Gasteiger partial charge in [0.2, 0.25) is 0 Å². The highest BCUT2D eigenvalue weighted by atomic mass is 127. The predicted octanol–water partition coefficient (Wildman–Crippen LogP) is 7.13. The van der Waals surface area contributed by atoms with E-state index in [9.17, 15) is 0 Å². The Morgan fingerprint density at radius 3 is 1.63 bits per heavy atom. The Kier molecular flexibility index (Phi) is 5.09. The average molecular weight is 521 g/mol. The van der Waals surface area contributed by atoms with Crippen molar-refractivity contribution in [2.24, 2.45) is 0 Å². The largest absolute Gasteiger partial charge is 0.328 e. The molecule has 0 fully saturated rings. The molecule has 3 aromatic carbocycles. The Morgan fingerprint density at radius 1 is 0.700 bits per heavy atom. The first kappa shape index (κ1) is 19.3. The highest BCUT2D eigenvalue weighted by Gasteiger charge is 2.39. The summed E-state index contributed by atoms with van der Waals surface area (Å²) in [5.41, 5.74) is 4.04. The van der Waals surface area contributed by atoms with Crippen molar-refractivity contribution >= 4 is 45.1 Å². The molecule has 0 saturated heterocycles. The molecule has 0 atom stereocenters. The number of hydrogen-bond acceptors (Lipinski definition) is 1. The number of fused-ring (bicyclic) bond motifs is 1. The van der Waals surface area contributed by atoms with Crippen LogP contribution < -0.4 is 0 Å². The lowest BCUT2D eigenvalue weighted by molar-refractivity contribution is 0.533. The third-order valence-electron chi connectivity index (χ3n) is 5.56. The lowest BCUT2D eigenvalue weighted by Crippen LogP contribution is -2.37. The van der Waals surface area contributed by atoms with Crippen molar-refractivity contribution in [2.75, 3.05) is 0 Å². The summed E-state index contributed by atoms with van der Waals surface area (Å²) in [6.07, 6.45) is 3.97. The fourth-order valence-electron chi connectivity index (χ4n) is 4.33. The SMILES string of the molecule is Clc1nccc2c1c(I)cn2C(c1ccccc1)(c1ccccc1)c1ccccc1. The molecule has 0 aliphatic heterocycles. The minimum absolute atomic E-state index is 0.527. The molecule has 146 valence electrons. The number of nitrogens with zero attached hydrogens (tertiary/aromatic N) is 2. The number of benzene rings is 3. The van der Waals surface area contributed by atoms with Gasteiger partial charge in [-0.05, 0) is 45.3 Å². The maximum Gasteiger partial charge on any atom is 0.139 e. The summed E-state index contributed by atoms with van der Waals surface area (Å²) >= 11 is 8.89. The molecule has 2 nitrogen and oxygen atoms in total. The summed E-state index contributed by atoms with van der Waals surface area (Å²) in [7, 11) is 0. The first-order valence-electron chi connectivity index (χ1n) is 9.71. The van der Waals surface area contributed by atoms with Crippen LogP contribution in [0, 0.1) is 3.57 Å². The van der Waals surface area contributed by atoms with E-state index < -0.39 is 5.54 Å². The maximum atomic E-state index is 6.53. The van der Waals surface area contributed by atoms with Gasteiger partial charge in [-0.3, -0.25) is 0 Å². The van der Waals surface area contributed by atoms with E-state index in [2.05, 4.69) is 129 Å². The van der Waals surface area contributed by atoms with Gasteiger partial charge in [0, 0.05) is 16.0 Å². The van der Waals surface area contributed by atoms with E-state index in [4.69, 9.17) is 11.6 Å². The van der Waals surface area contributed by atoms with Gasteiger partial charge in [-0.25, -0.2) is 4.98 Å². The second-order valence-electron chi connectivity index (χ2n) is 7.15. The third kappa shape index (κ3) is 2.96. The lowest BCUT2D eigenvalue weighted by Gasteiger charge is -2.38. The summed E-state index contributed by atoms with van der Waals surface area (Å²) < 4.78 is 3.42. The van der Waals surface area contributed by atoms with Crippen LogP contribution >= 0.6 is 34.2 Å². The van der Waals surface area contributed by atoms with E-state index in [1.807, 2.05) is 6.07 Å². The van der Waals surface area contributed by atoms with Crippen LogP contribution in [0.15, 0.2) is 109 Å². The number of halogens is 2. The topological polar surface area (TPSA) is 17.8 Å². The number of hydrogen-bond donors (Lipinski definition) is 0. The van der Waals surface area contributed by atoms with Crippen molar-refractivity contribution in [3.8, 4) is 0 Å². The molecular weight excluding hydrogens is 503 g/mol. The van der Waals surface area contributed by atoms with Crippen LogP contribution in [0.25, 0.3) is 10.9 Å². The molecule has 5 rings (SSSR count). The van der Waals surface area contributed by atoms with Crippen LogP contribution in [0.1, 0.15) is 16.7 Å². The smallest absolute Gasteiger partial charge is 0.139 e. The van der Waals surface area contributed by atoms with Gasteiger partial charge < -0.3 is 4.57 Å². The molecule has 0 unspecified atom stereocenters. The van der Waals surface area contributed by atoms with E-state index >= 15 is 0 Å². The van der Waals surface area contributed by atoms with Gasteiger partial charge in [-0.1, -0.05) is 103 Å². The zero-order valence-electron chi connectivity index (χ0n) is 16.0. The van der Waals surface area contributed by atoms with Crippen LogP contribution in [0.3, 0.4) is 0 Å². The minimum Gasteiger partial charge on any atom is -0.328 e. The molecule has 0 N–H and O–H groups in total. The van der Waals surface area contributed by atoms with E-state index in [-0.39, 0.29) is 0 Å². The molecule has 30 heavy (non-hydrogen) atoms. The Balaban J connectivity index is 2.00. The van der Waals surface area contributed by atoms with Gasteiger partial charge in [-0.15, -0.1) is 0 Å². The van der Waals surface area contributed by atoms with Gasteiger partial charge in [0.1, 0.15) is 10.7 Å². The number of aromatic nitrogens is 2. The van der Waals surface area contributed by atoms with Gasteiger partial charge >= 0.3 is 0 Å². The summed E-state index contributed by atoms with van der Waals surface area (Å²) in [5, 5.41) is 1.51. The molecule has 2 heterocycles. The highest BCUT2D eigenvalue weighted by Crippen LogP contribution is 2.44. The van der Waals surface area contributed by atoms with Crippen LogP contribution in [-0.4, -0.2) is 9.55 Å². The predicted molar refractivity (Wildman–Crippen MR) is 132 cm³/mol. The van der Waals surface area contributed by atoms with Gasteiger partial charge in [0.05, 0.1) is 10.9 Å². The molecule has 4 heteroatoms. The van der Waals surface area contributed by atoms with Gasteiger partial charge in [0.15, 0.2) is 0 Å². The normalized spacial score (nSPS) is 11.7. The molecule has 0 spiro atoms. The molecule has 2 aromatic heterocycles. The first-order valence-corrected chi connectivity index (χ1v) is 11.2. The first-order chi connectivity index (χ1) is 14.7. The minimum atomic E-state index is -0.559.